The molecule has 0 aliphatic carbocycles. The predicted octanol–water partition coefficient (Wildman–Crippen LogP) is 2.55. The molecule has 0 aliphatic heterocycles. The van der Waals surface area contributed by atoms with Gasteiger partial charge in [-0.1, -0.05) is 18.5 Å². The molecule has 0 aliphatic rings. The largest absolute Gasteiger partial charge is 0.495 e. The molecule has 1 rings (SSSR count). The number of benzene rings is 1. The molecule has 0 spiro atoms. The first-order valence-corrected chi connectivity index (χ1v) is 5.50. The highest BCUT2D eigenvalue weighted by atomic mass is 35.5. The van der Waals surface area contributed by atoms with Crippen molar-refractivity contribution >= 4 is 17.4 Å². The molecule has 0 heterocycles. The van der Waals surface area contributed by atoms with Crippen LogP contribution in [-0.2, 0) is 0 Å². The summed E-state index contributed by atoms with van der Waals surface area (Å²) in [7, 11) is 1.52. The summed E-state index contributed by atoms with van der Waals surface area (Å²) in [5.74, 6) is 0.0919. The van der Waals surface area contributed by atoms with Gasteiger partial charge in [0, 0.05) is 11.5 Å². The van der Waals surface area contributed by atoms with Gasteiger partial charge in [0.2, 0.25) is 0 Å². The maximum atomic E-state index is 11.9. The zero-order valence-electron chi connectivity index (χ0n) is 9.37. The minimum Gasteiger partial charge on any atom is -0.495 e. The molecule has 0 saturated carbocycles. The second-order valence-corrected chi connectivity index (χ2v) is 3.91. The highest BCUT2D eigenvalue weighted by Gasteiger charge is 2.18. The Bertz CT molecular complexity index is 373. The van der Waals surface area contributed by atoms with Crippen molar-refractivity contribution in [2.75, 3.05) is 13.7 Å². The van der Waals surface area contributed by atoms with Gasteiger partial charge in [0.15, 0.2) is 5.78 Å². The van der Waals surface area contributed by atoms with Gasteiger partial charge < -0.3 is 9.84 Å². The van der Waals surface area contributed by atoms with E-state index in [-0.39, 0.29) is 18.3 Å². The Labute approximate surface area is 100.0 Å². The number of halogens is 1. The Morgan fingerprint density at radius 1 is 1.56 bits per heavy atom. The maximum Gasteiger partial charge on any atom is 0.168 e. The summed E-state index contributed by atoms with van der Waals surface area (Å²) in [6.45, 7) is 1.73. The summed E-state index contributed by atoms with van der Waals surface area (Å²) in [6.07, 6.45) is 0.610. The van der Waals surface area contributed by atoms with Crippen molar-refractivity contribution in [1.29, 1.82) is 0 Å². The Balaban J connectivity index is 2.96. The highest BCUT2D eigenvalue weighted by Crippen LogP contribution is 2.26. The Hall–Kier alpha value is -1.06. The lowest BCUT2D eigenvalue weighted by Crippen LogP contribution is -2.17. The molecule has 1 atom stereocenters. The average molecular weight is 243 g/mol. The minimum absolute atomic E-state index is 0.0884. The van der Waals surface area contributed by atoms with Crippen LogP contribution in [0, 0.1) is 5.92 Å². The van der Waals surface area contributed by atoms with Crippen LogP contribution in [0.5, 0.6) is 5.75 Å². The van der Waals surface area contributed by atoms with E-state index in [9.17, 15) is 4.79 Å². The molecular formula is C12H15ClO3. The SMILES string of the molecule is CCC(CO)C(=O)c1ccc(OC)c(Cl)c1. The first kappa shape index (κ1) is 13.0. The lowest BCUT2D eigenvalue weighted by Gasteiger charge is -2.11. The Morgan fingerprint density at radius 2 is 2.25 bits per heavy atom. The van der Waals surface area contributed by atoms with Crippen LogP contribution in [0.1, 0.15) is 23.7 Å². The van der Waals surface area contributed by atoms with Crippen molar-refractivity contribution in [3.05, 3.63) is 28.8 Å². The number of methoxy groups -OCH3 is 1. The van der Waals surface area contributed by atoms with Crippen LogP contribution in [0.4, 0.5) is 0 Å². The molecule has 0 bridgehead atoms. The van der Waals surface area contributed by atoms with Crippen LogP contribution >= 0.6 is 11.6 Å². The second kappa shape index (κ2) is 5.87. The minimum atomic E-state index is -0.357. The molecule has 3 nitrogen and oxygen atoms in total. The van der Waals surface area contributed by atoms with E-state index >= 15 is 0 Å². The molecule has 0 fully saturated rings. The van der Waals surface area contributed by atoms with Crippen molar-refractivity contribution in [2.45, 2.75) is 13.3 Å². The third kappa shape index (κ3) is 2.74. The van der Waals surface area contributed by atoms with Gasteiger partial charge in [0.1, 0.15) is 5.75 Å². The summed E-state index contributed by atoms with van der Waals surface area (Å²) >= 11 is 5.92. The van der Waals surface area contributed by atoms with Crippen LogP contribution in [0.25, 0.3) is 0 Å². The van der Waals surface area contributed by atoms with E-state index in [0.29, 0.717) is 22.8 Å². The number of ether oxygens (including phenoxy) is 1. The normalized spacial score (nSPS) is 12.2. The molecule has 1 N–H and O–H groups in total. The molecule has 1 aromatic rings. The number of Topliss-reactive ketones (excluding diaryl/α,β-unsaturated/α-hetero) is 1. The van der Waals surface area contributed by atoms with Crippen LogP contribution in [0.15, 0.2) is 18.2 Å². The van der Waals surface area contributed by atoms with E-state index in [1.807, 2.05) is 6.92 Å². The van der Waals surface area contributed by atoms with Gasteiger partial charge >= 0.3 is 0 Å². The van der Waals surface area contributed by atoms with Gasteiger partial charge in [0.05, 0.1) is 18.7 Å². The number of hydrogen-bond donors (Lipinski definition) is 1. The molecule has 1 unspecified atom stereocenters. The molecule has 88 valence electrons. The first-order valence-electron chi connectivity index (χ1n) is 5.12. The number of ketones is 1. The van der Waals surface area contributed by atoms with Gasteiger partial charge in [-0.05, 0) is 24.6 Å². The zero-order chi connectivity index (χ0) is 12.1. The third-order valence-corrected chi connectivity index (χ3v) is 2.82. The Kier molecular flexibility index (Phi) is 4.77. The molecule has 0 radical (unpaired) electrons. The van der Waals surface area contributed by atoms with Crippen LogP contribution in [0.3, 0.4) is 0 Å². The monoisotopic (exact) mass is 242 g/mol. The summed E-state index contributed by atoms with van der Waals surface area (Å²) in [5.41, 5.74) is 0.506. The van der Waals surface area contributed by atoms with Crippen molar-refractivity contribution in [1.82, 2.24) is 0 Å². The van der Waals surface area contributed by atoms with Crippen LogP contribution in [0.2, 0.25) is 5.02 Å². The van der Waals surface area contributed by atoms with Crippen molar-refractivity contribution in [3.63, 3.8) is 0 Å². The fourth-order valence-corrected chi connectivity index (χ4v) is 1.71. The topological polar surface area (TPSA) is 46.5 Å². The quantitative estimate of drug-likeness (QED) is 0.808. The van der Waals surface area contributed by atoms with Gasteiger partial charge in [-0.2, -0.15) is 0 Å². The number of aliphatic hydroxyl groups is 1. The molecule has 0 saturated heterocycles. The number of carbonyl (C=O) groups is 1. The standard InChI is InChI=1S/C12H15ClO3/c1-3-8(7-14)12(15)9-4-5-11(16-2)10(13)6-9/h4-6,8,14H,3,7H2,1-2H3. The van der Waals surface area contributed by atoms with E-state index in [1.165, 1.54) is 7.11 Å². The van der Waals surface area contributed by atoms with Crippen molar-refractivity contribution < 1.29 is 14.6 Å². The lowest BCUT2D eigenvalue weighted by molar-refractivity contribution is 0.0856. The number of rotatable bonds is 5. The summed E-state index contributed by atoms with van der Waals surface area (Å²) in [5, 5.41) is 9.45. The zero-order valence-corrected chi connectivity index (χ0v) is 10.1. The number of carbonyl (C=O) groups excluding carboxylic acids is 1. The molecule has 0 aromatic heterocycles. The summed E-state index contributed by atoms with van der Waals surface area (Å²) in [4.78, 5) is 11.9. The summed E-state index contributed by atoms with van der Waals surface area (Å²) in [6, 6.07) is 4.88. The van der Waals surface area contributed by atoms with Gasteiger partial charge in [0.25, 0.3) is 0 Å². The lowest BCUT2D eigenvalue weighted by atomic mass is 9.96. The predicted molar refractivity (Wildman–Crippen MR) is 63.2 cm³/mol. The second-order valence-electron chi connectivity index (χ2n) is 3.50. The van der Waals surface area contributed by atoms with E-state index in [4.69, 9.17) is 21.4 Å². The molecule has 16 heavy (non-hydrogen) atoms. The van der Waals surface area contributed by atoms with Crippen molar-refractivity contribution in [2.24, 2.45) is 5.92 Å². The smallest absolute Gasteiger partial charge is 0.168 e. The van der Waals surface area contributed by atoms with Crippen LogP contribution < -0.4 is 4.74 Å². The first-order chi connectivity index (χ1) is 7.63. The Morgan fingerprint density at radius 3 is 2.69 bits per heavy atom. The van der Waals surface area contributed by atoms with E-state index in [0.717, 1.165) is 0 Å². The average Bonchev–Trinajstić information content (AvgIpc) is 2.30. The maximum absolute atomic E-state index is 11.9. The van der Waals surface area contributed by atoms with E-state index < -0.39 is 0 Å². The molecule has 0 amide bonds. The van der Waals surface area contributed by atoms with Gasteiger partial charge in [-0.3, -0.25) is 4.79 Å². The molecule has 4 heteroatoms. The summed E-state index contributed by atoms with van der Waals surface area (Å²) < 4.78 is 5.00. The fourth-order valence-electron chi connectivity index (χ4n) is 1.45. The molecular weight excluding hydrogens is 228 g/mol. The van der Waals surface area contributed by atoms with Crippen LogP contribution in [-0.4, -0.2) is 24.6 Å². The molecule has 1 aromatic carbocycles. The van der Waals surface area contributed by atoms with Crippen molar-refractivity contribution in [3.8, 4) is 5.75 Å². The van der Waals surface area contributed by atoms with E-state index in [1.54, 1.807) is 18.2 Å². The van der Waals surface area contributed by atoms with Gasteiger partial charge in [-0.25, -0.2) is 0 Å². The van der Waals surface area contributed by atoms with Gasteiger partial charge in [-0.15, -0.1) is 0 Å². The highest BCUT2D eigenvalue weighted by molar-refractivity contribution is 6.32. The number of hydrogen-bond acceptors (Lipinski definition) is 3. The fraction of sp³-hybridized carbons (Fsp3) is 0.417. The third-order valence-electron chi connectivity index (χ3n) is 2.52. The van der Waals surface area contributed by atoms with E-state index in [2.05, 4.69) is 0 Å². The number of aliphatic hydroxyl groups excluding tert-OH is 1.